The van der Waals surface area contributed by atoms with Gasteiger partial charge in [0.1, 0.15) is 0 Å². The van der Waals surface area contributed by atoms with E-state index in [1.807, 2.05) is 11.3 Å². The second kappa shape index (κ2) is 5.48. The molecule has 2 rings (SSSR count). The number of hydrogen-bond acceptors (Lipinski definition) is 4. The molecule has 2 atom stereocenters. The maximum Gasteiger partial charge on any atom is 0.0328 e. The lowest BCUT2D eigenvalue weighted by Crippen LogP contribution is -2.34. The fraction of sp³-hybridized carbons (Fsp3) is 0.692. The van der Waals surface area contributed by atoms with Crippen LogP contribution in [0.3, 0.4) is 0 Å². The molecule has 1 aromatic heterocycles. The van der Waals surface area contributed by atoms with E-state index in [0.29, 0.717) is 12.6 Å². The summed E-state index contributed by atoms with van der Waals surface area (Å²) < 4.78 is 0. The van der Waals surface area contributed by atoms with Crippen molar-refractivity contribution in [3.8, 4) is 0 Å². The Kier molecular flexibility index (Phi) is 4.20. The van der Waals surface area contributed by atoms with Crippen molar-refractivity contribution in [3.63, 3.8) is 0 Å². The molecule has 4 heteroatoms. The van der Waals surface area contributed by atoms with Crippen molar-refractivity contribution >= 4 is 11.3 Å². The Labute approximate surface area is 108 Å². The maximum atomic E-state index is 5.65. The average molecular weight is 253 g/mol. The molecule has 0 saturated carbocycles. The molecule has 1 fully saturated rings. The second-order valence-corrected chi connectivity index (χ2v) is 6.53. The summed E-state index contributed by atoms with van der Waals surface area (Å²) in [5, 5.41) is 0. The molecule has 96 valence electrons. The van der Waals surface area contributed by atoms with Crippen molar-refractivity contribution < 1.29 is 0 Å². The van der Waals surface area contributed by atoms with E-state index in [9.17, 15) is 0 Å². The second-order valence-electron chi connectivity index (χ2n) is 5.27. The van der Waals surface area contributed by atoms with Crippen LogP contribution in [0.5, 0.6) is 0 Å². The van der Waals surface area contributed by atoms with E-state index in [1.165, 1.54) is 22.8 Å². The van der Waals surface area contributed by atoms with Crippen molar-refractivity contribution in [3.05, 3.63) is 21.9 Å². The van der Waals surface area contributed by atoms with Gasteiger partial charge in [0.2, 0.25) is 0 Å². The van der Waals surface area contributed by atoms with Crippen LogP contribution in [0.25, 0.3) is 0 Å². The molecule has 3 nitrogen and oxygen atoms in total. The zero-order valence-electron chi connectivity index (χ0n) is 11.0. The molecule has 1 aliphatic heterocycles. The summed E-state index contributed by atoms with van der Waals surface area (Å²) in [6.07, 6.45) is 0. The number of hydrogen-bond donors (Lipinski definition) is 1. The number of nitrogens with zero attached hydrogens (tertiary/aromatic N) is 2. The zero-order valence-corrected chi connectivity index (χ0v) is 11.8. The Morgan fingerprint density at radius 1 is 1.35 bits per heavy atom. The lowest BCUT2D eigenvalue weighted by Gasteiger charge is -2.22. The highest BCUT2D eigenvalue weighted by Gasteiger charge is 2.30. The first kappa shape index (κ1) is 13.0. The van der Waals surface area contributed by atoms with E-state index in [4.69, 9.17) is 5.73 Å². The van der Waals surface area contributed by atoms with Crippen LogP contribution in [0.2, 0.25) is 0 Å². The highest BCUT2D eigenvalue weighted by Crippen LogP contribution is 2.24. The molecule has 0 amide bonds. The largest absolute Gasteiger partial charge is 0.326 e. The van der Waals surface area contributed by atoms with E-state index < -0.39 is 0 Å². The van der Waals surface area contributed by atoms with Gasteiger partial charge >= 0.3 is 0 Å². The zero-order chi connectivity index (χ0) is 12.4. The molecule has 0 bridgehead atoms. The fourth-order valence-electron chi connectivity index (χ4n) is 2.69. The first-order valence-electron chi connectivity index (χ1n) is 6.26. The van der Waals surface area contributed by atoms with E-state index in [1.54, 1.807) is 0 Å². The molecule has 2 heterocycles. The van der Waals surface area contributed by atoms with Crippen LogP contribution in [0.1, 0.15) is 16.7 Å². The minimum Gasteiger partial charge on any atom is -0.326 e. The fourth-order valence-corrected chi connectivity index (χ4v) is 3.63. The summed E-state index contributed by atoms with van der Waals surface area (Å²) in [5.41, 5.74) is 5.65. The Balaban J connectivity index is 1.92. The lowest BCUT2D eigenvalue weighted by molar-refractivity contribution is 0.251. The van der Waals surface area contributed by atoms with Gasteiger partial charge in [-0.2, -0.15) is 0 Å². The Hall–Kier alpha value is -0.420. The van der Waals surface area contributed by atoms with E-state index in [0.717, 1.165) is 12.5 Å². The normalized spacial score (nSPS) is 25.9. The van der Waals surface area contributed by atoms with Crippen LogP contribution in [-0.2, 0) is 13.1 Å². The number of likely N-dealkylation sites (N-methyl/N-ethyl adjacent to an activating group) is 1. The van der Waals surface area contributed by atoms with Gasteiger partial charge in [-0.1, -0.05) is 6.92 Å². The van der Waals surface area contributed by atoms with Gasteiger partial charge in [-0.15, -0.1) is 11.3 Å². The summed E-state index contributed by atoms with van der Waals surface area (Å²) in [4.78, 5) is 7.64. The van der Waals surface area contributed by atoms with Crippen LogP contribution in [-0.4, -0.2) is 43.0 Å². The van der Waals surface area contributed by atoms with Gasteiger partial charge in [-0.3, -0.25) is 4.90 Å². The molecule has 1 aliphatic rings. The molecule has 0 aromatic carbocycles. The first-order chi connectivity index (χ1) is 8.10. The van der Waals surface area contributed by atoms with Crippen molar-refractivity contribution in [2.75, 3.05) is 27.2 Å². The third kappa shape index (κ3) is 3.07. The van der Waals surface area contributed by atoms with Gasteiger partial charge in [0.25, 0.3) is 0 Å². The Bertz CT molecular complexity index is 361. The van der Waals surface area contributed by atoms with Gasteiger partial charge in [-0.05, 0) is 32.1 Å². The third-order valence-electron chi connectivity index (χ3n) is 3.61. The molecule has 1 saturated heterocycles. The highest BCUT2D eigenvalue weighted by molar-refractivity contribution is 7.11. The minimum atomic E-state index is 0.668. The van der Waals surface area contributed by atoms with E-state index in [-0.39, 0.29) is 0 Å². The smallest absolute Gasteiger partial charge is 0.0328 e. The van der Waals surface area contributed by atoms with E-state index >= 15 is 0 Å². The molecule has 2 unspecified atom stereocenters. The predicted octanol–water partition coefficient (Wildman–Crippen LogP) is 1.59. The van der Waals surface area contributed by atoms with Crippen LogP contribution in [0.4, 0.5) is 0 Å². The number of likely N-dealkylation sites (tertiary alicyclic amines) is 1. The monoisotopic (exact) mass is 253 g/mol. The topological polar surface area (TPSA) is 32.5 Å². The molecule has 0 radical (unpaired) electrons. The summed E-state index contributed by atoms with van der Waals surface area (Å²) in [6.45, 7) is 6.49. The lowest BCUT2D eigenvalue weighted by atomic mass is 10.1. The van der Waals surface area contributed by atoms with Gasteiger partial charge in [0, 0.05) is 42.0 Å². The molecule has 1 aromatic rings. The predicted molar refractivity (Wildman–Crippen MR) is 74.1 cm³/mol. The summed E-state index contributed by atoms with van der Waals surface area (Å²) in [5.74, 6) is 0.763. The quantitative estimate of drug-likeness (QED) is 0.884. The third-order valence-corrected chi connectivity index (χ3v) is 4.70. The SMILES string of the molecule is CC1CN(Cc2ccc(CN)s2)CC1N(C)C. The Morgan fingerprint density at radius 2 is 2.06 bits per heavy atom. The van der Waals surface area contributed by atoms with Crippen molar-refractivity contribution in [1.29, 1.82) is 0 Å². The number of rotatable bonds is 4. The number of nitrogens with two attached hydrogens (primary N) is 1. The van der Waals surface area contributed by atoms with Crippen molar-refractivity contribution in [1.82, 2.24) is 9.80 Å². The molecular formula is C13H23N3S. The number of thiophene rings is 1. The standard InChI is InChI=1S/C13H23N3S/c1-10-7-16(9-13(10)15(2)3)8-12-5-4-11(6-14)17-12/h4-5,10,13H,6-9,14H2,1-3H3. The van der Waals surface area contributed by atoms with Gasteiger partial charge < -0.3 is 10.6 Å². The summed E-state index contributed by atoms with van der Waals surface area (Å²) >= 11 is 1.85. The Morgan fingerprint density at radius 3 is 2.59 bits per heavy atom. The maximum absolute atomic E-state index is 5.65. The van der Waals surface area contributed by atoms with Crippen LogP contribution in [0, 0.1) is 5.92 Å². The van der Waals surface area contributed by atoms with Gasteiger partial charge in [0.15, 0.2) is 0 Å². The molecule has 2 N–H and O–H groups in total. The molecule has 0 spiro atoms. The first-order valence-corrected chi connectivity index (χ1v) is 7.08. The van der Waals surface area contributed by atoms with E-state index in [2.05, 4.69) is 43.0 Å². The molecular weight excluding hydrogens is 230 g/mol. The minimum absolute atomic E-state index is 0.668. The molecule has 0 aliphatic carbocycles. The van der Waals surface area contributed by atoms with Crippen LogP contribution < -0.4 is 5.73 Å². The average Bonchev–Trinajstić information content (AvgIpc) is 2.85. The summed E-state index contributed by atoms with van der Waals surface area (Å²) in [7, 11) is 4.37. The van der Waals surface area contributed by atoms with Crippen molar-refractivity contribution in [2.24, 2.45) is 11.7 Å². The van der Waals surface area contributed by atoms with Crippen LogP contribution >= 0.6 is 11.3 Å². The van der Waals surface area contributed by atoms with Gasteiger partial charge in [0.05, 0.1) is 0 Å². The summed E-state index contributed by atoms with van der Waals surface area (Å²) in [6, 6.07) is 5.08. The molecule has 17 heavy (non-hydrogen) atoms. The highest BCUT2D eigenvalue weighted by atomic mass is 32.1. The van der Waals surface area contributed by atoms with Gasteiger partial charge in [-0.25, -0.2) is 0 Å². The van der Waals surface area contributed by atoms with Crippen LogP contribution in [0.15, 0.2) is 12.1 Å². The van der Waals surface area contributed by atoms with Crippen molar-refractivity contribution in [2.45, 2.75) is 26.1 Å².